The summed E-state index contributed by atoms with van der Waals surface area (Å²) in [5.41, 5.74) is 3.83. The minimum atomic E-state index is 0.108. The van der Waals surface area contributed by atoms with Gasteiger partial charge in [0.1, 0.15) is 0 Å². The normalized spacial score (nSPS) is 10.7. The maximum atomic E-state index is 5.72. The molecule has 0 saturated carbocycles. The van der Waals surface area contributed by atoms with Crippen molar-refractivity contribution < 1.29 is 14.6 Å². The summed E-state index contributed by atoms with van der Waals surface area (Å²) in [5.74, 6) is 1.48. The Hall–Kier alpha value is -1.82. The first-order chi connectivity index (χ1) is 10.1. The van der Waals surface area contributed by atoms with Crippen LogP contribution in [0.1, 0.15) is 33.3 Å². The number of rotatable bonds is 7. The molecule has 116 valence electrons. The van der Waals surface area contributed by atoms with Crippen molar-refractivity contribution in [1.82, 2.24) is 10.7 Å². The van der Waals surface area contributed by atoms with Crippen molar-refractivity contribution in [3.63, 3.8) is 0 Å². The Morgan fingerprint density at radius 2 is 2.10 bits per heavy atom. The molecule has 0 atom stereocenters. The van der Waals surface area contributed by atoms with Crippen molar-refractivity contribution >= 4 is 23.5 Å². The zero-order chi connectivity index (χ0) is 15.7. The van der Waals surface area contributed by atoms with Gasteiger partial charge in [0.05, 0.1) is 12.7 Å². The molecular weight excluding hydrogens is 286 g/mol. The second-order valence-corrected chi connectivity index (χ2v) is 4.99. The SMILES string of the molecule is CCNC(=S)N[NH+]=Cc1ccc(OC(C)C)c(OCC)c1. The van der Waals surface area contributed by atoms with E-state index in [1.54, 1.807) is 0 Å². The highest BCUT2D eigenvalue weighted by molar-refractivity contribution is 7.80. The quantitative estimate of drug-likeness (QED) is 0.395. The molecule has 0 aliphatic carbocycles. The third-order valence-electron chi connectivity index (χ3n) is 2.39. The molecule has 6 heteroatoms. The minimum Gasteiger partial charge on any atom is -0.490 e. The fourth-order valence-corrected chi connectivity index (χ4v) is 1.83. The molecule has 1 aromatic carbocycles. The van der Waals surface area contributed by atoms with E-state index in [-0.39, 0.29) is 6.10 Å². The van der Waals surface area contributed by atoms with Gasteiger partial charge >= 0.3 is 0 Å². The molecule has 0 unspecified atom stereocenters. The molecule has 3 N–H and O–H groups in total. The first-order valence-electron chi connectivity index (χ1n) is 7.12. The van der Waals surface area contributed by atoms with Crippen molar-refractivity contribution in [3.05, 3.63) is 23.8 Å². The lowest BCUT2D eigenvalue weighted by Gasteiger charge is -2.14. The monoisotopic (exact) mass is 310 g/mol. The lowest BCUT2D eigenvalue weighted by molar-refractivity contribution is -0.500. The zero-order valence-corrected chi connectivity index (χ0v) is 13.8. The van der Waals surface area contributed by atoms with Gasteiger partial charge in [-0.25, -0.2) is 0 Å². The van der Waals surface area contributed by atoms with Gasteiger partial charge in [0.25, 0.3) is 0 Å². The maximum Gasteiger partial charge on any atom is 0.223 e. The molecular formula is C15H24N3O2S+. The highest BCUT2D eigenvalue weighted by atomic mass is 32.1. The molecule has 0 aromatic heterocycles. The predicted molar refractivity (Wildman–Crippen MR) is 88.9 cm³/mol. The molecule has 0 heterocycles. The first kappa shape index (κ1) is 17.2. The summed E-state index contributed by atoms with van der Waals surface area (Å²) < 4.78 is 11.3. The van der Waals surface area contributed by atoms with E-state index >= 15 is 0 Å². The zero-order valence-electron chi connectivity index (χ0n) is 13.0. The number of ether oxygens (including phenoxy) is 2. The molecule has 21 heavy (non-hydrogen) atoms. The number of hydrogen-bond acceptors (Lipinski definition) is 3. The molecule has 0 radical (unpaired) electrons. The number of benzene rings is 1. The molecule has 1 rings (SSSR count). The number of thiocarbonyl (C=S) groups is 1. The van der Waals surface area contributed by atoms with Crippen LogP contribution in [0, 0.1) is 0 Å². The van der Waals surface area contributed by atoms with Crippen LogP contribution in [0.25, 0.3) is 0 Å². The second kappa shape index (κ2) is 9.18. The van der Waals surface area contributed by atoms with Gasteiger partial charge in [-0.15, -0.1) is 10.5 Å². The molecule has 5 nitrogen and oxygen atoms in total. The van der Waals surface area contributed by atoms with E-state index in [9.17, 15) is 0 Å². The summed E-state index contributed by atoms with van der Waals surface area (Å²) in [4.78, 5) is 0. The van der Waals surface area contributed by atoms with Crippen LogP contribution in [0.2, 0.25) is 0 Å². The van der Waals surface area contributed by atoms with E-state index in [1.807, 2.05) is 52.1 Å². The average Bonchev–Trinajstić information content (AvgIpc) is 2.41. The van der Waals surface area contributed by atoms with Gasteiger partial charge in [-0.2, -0.15) is 0 Å². The average molecular weight is 310 g/mol. The Labute approximate surface area is 131 Å². The minimum absolute atomic E-state index is 0.108. The largest absolute Gasteiger partial charge is 0.490 e. The molecule has 1 aromatic rings. The van der Waals surface area contributed by atoms with Crippen LogP contribution in [0.15, 0.2) is 18.2 Å². The molecule has 0 aliphatic rings. The van der Waals surface area contributed by atoms with Crippen molar-refractivity contribution in [2.24, 2.45) is 0 Å². The summed E-state index contributed by atoms with van der Waals surface area (Å²) in [7, 11) is 0. The van der Waals surface area contributed by atoms with Crippen LogP contribution in [-0.2, 0) is 0 Å². The van der Waals surface area contributed by atoms with E-state index < -0.39 is 0 Å². The van der Waals surface area contributed by atoms with Crippen molar-refractivity contribution in [2.75, 3.05) is 13.2 Å². The van der Waals surface area contributed by atoms with Crippen molar-refractivity contribution in [3.8, 4) is 11.5 Å². The van der Waals surface area contributed by atoms with Gasteiger partial charge in [0, 0.05) is 12.1 Å². The number of nitrogens with one attached hydrogen (secondary N) is 3. The second-order valence-electron chi connectivity index (χ2n) is 4.58. The highest BCUT2D eigenvalue weighted by Crippen LogP contribution is 2.28. The fraction of sp³-hybridized carbons (Fsp3) is 0.467. The molecule has 0 aliphatic heterocycles. The Morgan fingerprint density at radius 1 is 1.33 bits per heavy atom. The molecule has 0 fully saturated rings. The van der Waals surface area contributed by atoms with Crippen LogP contribution in [0.5, 0.6) is 11.5 Å². The van der Waals surface area contributed by atoms with Gasteiger partial charge in [-0.05, 0) is 58.1 Å². The van der Waals surface area contributed by atoms with Gasteiger partial charge in [0.15, 0.2) is 17.7 Å². The van der Waals surface area contributed by atoms with Gasteiger partial charge in [-0.1, -0.05) is 0 Å². The molecule has 0 saturated heterocycles. The van der Waals surface area contributed by atoms with E-state index in [0.29, 0.717) is 11.7 Å². The lowest BCUT2D eigenvalue weighted by Crippen LogP contribution is -2.82. The third-order valence-corrected chi connectivity index (χ3v) is 2.64. The predicted octanol–water partition coefficient (Wildman–Crippen LogP) is 0.771. The third kappa shape index (κ3) is 6.44. The maximum absolute atomic E-state index is 5.72. The van der Waals surface area contributed by atoms with Crippen LogP contribution >= 0.6 is 12.2 Å². The Bertz CT molecular complexity index is 490. The fourth-order valence-electron chi connectivity index (χ4n) is 1.62. The van der Waals surface area contributed by atoms with Gasteiger partial charge < -0.3 is 14.8 Å². The van der Waals surface area contributed by atoms with Crippen molar-refractivity contribution in [2.45, 2.75) is 33.8 Å². The topological polar surface area (TPSA) is 56.5 Å². The van der Waals surface area contributed by atoms with E-state index in [4.69, 9.17) is 21.7 Å². The molecule has 0 bridgehead atoms. The Morgan fingerprint density at radius 3 is 2.71 bits per heavy atom. The van der Waals surface area contributed by atoms with Crippen LogP contribution in [-0.4, -0.2) is 30.6 Å². The van der Waals surface area contributed by atoms with E-state index in [0.717, 1.165) is 23.6 Å². The van der Waals surface area contributed by atoms with Gasteiger partial charge in [-0.3, -0.25) is 0 Å². The molecule has 0 amide bonds. The summed E-state index contributed by atoms with van der Waals surface area (Å²) in [6, 6.07) is 5.78. The smallest absolute Gasteiger partial charge is 0.223 e. The van der Waals surface area contributed by atoms with Crippen LogP contribution < -0.4 is 25.3 Å². The summed E-state index contributed by atoms with van der Waals surface area (Å²) in [5, 5.41) is 6.48. The van der Waals surface area contributed by atoms with E-state index in [2.05, 4.69) is 15.8 Å². The standard InChI is InChI=1S/C15H23N3O2S/c1-5-16-15(21)18-17-10-12-7-8-13(20-11(3)4)14(9-12)19-6-2/h7-11H,5-6H2,1-4H3,(H2,16,18,21)/p+1. The van der Waals surface area contributed by atoms with Crippen LogP contribution in [0.3, 0.4) is 0 Å². The van der Waals surface area contributed by atoms with E-state index in [1.165, 1.54) is 0 Å². The Kier molecular flexibility index (Phi) is 7.53. The summed E-state index contributed by atoms with van der Waals surface area (Å²) in [6.07, 6.45) is 1.92. The summed E-state index contributed by atoms with van der Waals surface area (Å²) in [6.45, 7) is 9.28. The van der Waals surface area contributed by atoms with Crippen molar-refractivity contribution in [1.29, 1.82) is 0 Å². The highest BCUT2D eigenvalue weighted by Gasteiger charge is 2.08. The van der Waals surface area contributed by atoms with Crippen LogP contribution in [0.4, 0.5) is 0 Å². The number of hydrogen-bond donors (Lipinski definition) is 3. The van der Waals surface area contributed by atoms with Gasteiger partial charge in [0.2, 0.25) is 5.11 Å². The lowest BCUT2D eigenvalue weighted by atomic mass is 10.2. The summed E-state index contributed by atoms with van der Waals surface area (Å²) >= 11 is 5.05. The first-order valence-corrected chi connectivity index (χ1v) is 7.53. The number of hydrazine groups is 1. The number of hydrazone groups is 1. The molecule has 0 spiro atoms. The Balaban J connectivity index is 2.77.